The molecule has 0 bridgehead atoms. The average Bonchev–Trinajstić information content (AvgIpc) is 3.45. The van der Waals surface area contributed by atoms with Gasteiger partial charge in [0.1, 0.15) is 6.61 Å². The van der Waals surface area contributed by atoms with Gasteiger partial charge in [-0.1, -0.05) is 35.3 Å². The van der Waals surface area contributed by atoms with Gasteiger partial charge in [0.05, 0.1) is 23.4 Å². The largest absolute Gasteiger partial charge is 0.493 e. The van der Waals surface area contributed by atoms with Gasteiger partial charge < -0.3 is 14.4 Å². The van der Waals surface area contributed by atoms with E-state index in [4.69, 9.17) is 32.7 Å². The third-order valence-corrected chi connectivity index (χ3v) is 6.82. The van der Waals surface area contributed by atoms with Crippen LogP contribution in [0.1, 0.15) is 39.9 Å². The van der Waals surface area contributed by atoms with Gasteiger partial charge in [-0.2, -0.15) is 5.10 Å². The minimum atomic E-state index is -0.274. The summed E-state index contributed by atoms with van der Waals surface area (Å²) in [5, 5.41) is 5.11. The van der Waals surface area contributed by atoms with Crippen LogP contribution in [0.3, 0.4) is 0 Å². The molecule has 0 unspecified atom stereocenters. The van der Waals surface area contributed by atoms with Gasteiger partial charge in [-0.25, -0.2) is 5.43 Å². The molecular weight excluding hydrogens is 509 g/mol. The number of hydrazone groups is 1. The van der Waals surface area contributed by atoms with Gasteiger partial charge in [-0.3, -0.25) is 4.79 Å². The van der Waals surface area contributed by atoms with Crippen molar-refractivity contribution in [1.29, 1.82) is 0 Å². The zero-order valence-electron chi connectivity index (χ0n) is 20.7. The highest BCUT2D eigenvalue weighted by Crippen LogP contribution is 2.34. The third-order valence-electron chi connectivity index (χ3n) is 6.09. The second-order valence-electron chi connectivity index (χ2n) is 8.68. The predicted octanol–water partition coefficient (Wildman–Crippen LogP) is 6.67. The summed E-state index contributed by atoms with van der Waals surface area (Å²) in [6.45, 7) is 6.26. The lowest BCUT2D eigenvalue weighted by atomic mass is 10.1. The average molecular weight is 538 g/mol. The Morgan fingerprint density at radius 1 is 1.08 bits per heavy atom. The monoisotopic (exact) mass is 537 g/mol. The fourth-order valence-electron chi connectivity index (χ4n) is 4.19. The number of amides is 1. The molecule has 0 aromatic heterocycles. The first-order valence-corrected chi connectivity index (χ1v) is 12.8. The van der Waals surface area contributed by atoms with E-state index in [1.807, 2.05) is 36.4 Å². The van der Waals surface area contributed by atoms with E-state index in [1.54, 1.807) is 37.6 Å². The van der Waals surface area contributed by atoms with E-state index in [0.29, 0.717) is 33.5 Å². The Morgan fingerprint density at radius 3 is 2.51 bits per heavy atom. The smallest absolute Gasteiger partial charge is 0.271 e. The number of benzene rings is 3. The molecule has 1 amide bonds. The van der Waals surface area contributed by atoms with E-state index < -0.39 is 0 Å². The number of halogens is 2. The van der Waals surface area contributed by atoms with Crippen LogP contribution in [0.25, 0.3) is 0 Å². The highest BCUT2D eigenvalue weighted by atomic mass is 35.5. The predicted molar refractivity (Wildman–Crippen MR) is 151 cm³/mol. The fourth-order valence-corrected chi connectivity index (χ4v) is 4.52. The summed E-state index contributed by atoms with van der Waals surface area (Å²) in [4.78, 5) is 14.9. The highest BCUT2D eigenvalue weighted by Gasteiger charge is 2.14. The summed E-state index contributed by atoms with van der Waals surface area (Å²) in [6.07, 6.45) is 6.34. The van der Waals surface area contributed by atoms with E-state index in [-0.39, 0.29) is 12.5 Å². The van der Waals surface area contributed by atoms with Crippen LogP contribution in [-0.2, 0) is 13.0 Å². The lowest BCUT2D eigenvalue weighted by molar-refractivity contribution is 0.0955. The Bertz CT molecular complexity index is 1290. The molecule has 0 spiro atoms. The molecule has 0 atom stereocenters. The number of carbonyl (C=O) groups excluding carboxylic acids is 1. The molecule has 37 heavy (non-hydrogen) atoms. The molecule has 1 fully saturated rings. The van der Waals surface area contributed by atoms with Gasteiger partial charge in [-0.05, 0) is 78.9 Å². The van der Waals surface area contributed by atoms with E-state index in [1.165, 1.54) is 12.8 Å². The molecule has 3 aromatic rings. The van der Waals surface area contributed by atoms with Crippen LogP contribution in [0.15, 0.2) is 72.4 Å². The Balaban J connectivity index is 1.44. The van der Waals surface area contributed by atoms with Crippen LogP contribution in [0, 0.1) is 0 Å². The van der Waals surface area contributed by atoms with Crippen molar-refractivity contribution in [3.8, 4) is 11.5 Å². The number of ether oxygens (including phenoxy) is 2. The Kier molecular flexibility index (Phi) is 9.09. The molecule has 1 saturated heterocycles. The minimum absolute atomic E-state index is 0.274. The van der Waals surface area contributed by atoms with Crippen molar-refractivity contribution < 1.29 is 14.3 Å². The maximum Gasteiger partial charge on any atom is 0.271 e. The van der Waals surface area contributed by atoms with Crippen molar-refractivity contribution >= 4 is 41.0 Å². The normalized spacial score (nSPS) is 13.1. The quantitative estimate of drug-likeness (QED) is 0.178. The maximum absolute atomic E-state index is 12.6. The molecule has 1 N–H and O–H groups in total. The molecule has 0 saturated carbocycles. The molecule has 1 aliphatic heterocycles. The lowest BCUT2D eigenvalue weighted by Crippen LogP contribution is -2.19. The first kappa shape index (κ1) is 26.6. The molecule has 0 radical (unpaired) electrons. The summed E-state index contributed by atoms with van der Waals surface area (Å²) in [5.41, 5.74) is 6.79. The SMILES string of the molecule is C=CCc1cc(/C=N\NC(=O)c2ccc(N3CCCC3)cc2)cc(OC)c1OCc1ccc(Cl)c(Cl)c1. The van der Waals surface area contributed by atoms with Gasteiger partial charge in [0, 0.05) is 29.9 Å². The third kappa shape index (κ3) is 6.85. The van der Waals surface area contributed by atoms with E-state index >= 15 is 0 Å². The number of nitrogens with one attached hydrogen (secondary N) is 1. The molecule has 0 aliphatic carbocycles. The van der Waals surface area contributed by atoms with Gasteiger partial charge >= 0.3 is 0 Å². The summed E-state index contributed by atoms with van der Waals surface area (Å²) < 4.78 is 11.7. The van der Waals surface area contributed by atoms with Crippen LogP contribution < -0.4 is 19.8 Å². The number of allylic oxidation sites excluding steroid dienone is 1. The highest BCUT2D eigenvalue weighted by molar-refractivity contribution is 6.42. The Hall–Kier alpha value is -3.48. The molecule has 6 nitrogen and oxygen atoms in total. The first-order chi connectivity index (χ1) is 18.0. The zero-order valence-corrected chi connectivity index (χ0v) is 22.2. The summed E-state index contributed by atoms with van der Waals surface area (Å²) in [5.74, 6) is 0.876. The van der Waals surface area contributed by atoms with Crippen LogP contribution >= 0.6 is 23.2 Å². The van der Waals surface area contributed by atoms with Crippen molar-refractivity contribution in [2.24, 2.45) is 5.10 Å². The number of rotatable bonds is 10. The van der Waals surface area contributed by atoms with Crippen molar-refractivity contribution in [2.75, 3.05) is 25.1 Å². The van der Waals surface area contributed by atoms with Gasteiger partial charge in [0.2, 0.25) is 0 Å². The standard InChI is InChI=1S/C29H29Cl2N3O3/c1-3-6-23-15-21(17-27(36-2)28(23)37-19-20-7-12-25(30)26(31)16-20)18-32-33-29(35)22-8-10-24(11-9-22)34-13-4-5-14-34/h3,7-12,15-18H,1,4-6,13-14,19H2,2H3,(H,33,35)/b32-18-. The van der Waals surface area contributed by atoms with Crippen LogP contribution in [0.2, 0.25) is 10.0 Å². The van der Waals surface area contributed by atoms with Gasteiger partial charge in [0.15, 0.2) is 11.5 Å². The molecular formula is C29H29Cl2N3O3. The Labute approximate surface area is 227 Å². The van der Waals surface area contributed by atoms with Gasteiger partial charge in [-0.15, -0.1) is 6.58 Å². The van der Waals surface area contributed by atoms with Crippen molar-refractivity contribution in [1.82, 2.24) is 5.43 Å². The number of anilines is 1. The second kappa shape index (κ2) is 12.7. The second-order valence-corrected chi connectivity index (χ2v) is 9.50. The molecule has 3 aromatic carbocycles. The zero-order chi connectivity index (χ0) is 26.2. The molecule has 192 valence electrons. The van der Waals surface area contributed by atoms with Gasteiger partial charge in [0.25, 0.3) is 5.91 Å². The summed E-state index contributed by atoms with van der Waals surface area (Å²) in [6, 6.07) is 16.7. The topological polar surface area (TPSA) is 63.2 Å². The number of carbonyl (C=O) groups is 1. The van der Waals surface area contributed by atoms with Crippen LogP contribution in [0.4, 0.5) is 5.69 Å². The maximum atomic E-state index is 12.6. The van der Waals surface area contributed by atoms with E-state index in [0.717, 1.165) is 35.5 Å². The Morgan fingerprint density at radius 2 is 1.84 bits per heavy atom. The number of hydrogen-bond donors (Lipinski definition) is 1. The molecule has 1 aliphatic rings. The molecule has 1 heterocycles. The minimum Gasteiger partial charge on any atom is -0.493 e. The molecule has 8 heteroatoms. The van der Waals surface area contributed by atoms with Crippen molar-refractivity contribution in [3.63, 3.8) is 0 Å². The van der Waals surface area contributed by atoms with Crippen molar-refractivity contribution in [3.05, 3.63) is 99.6 Å². The van der Waals surface area contributed by atoms with E-state index in [9.17, 15) is 4.79 Å². The number of methoxy groups -OCH3 is 1. The van der Waals surface area contributed by atoms with Crippen LogP contribution in [-0.4, -0.2) is 32.3 Å². The summed E-state index contributed by atoms with van der Waals surface area (Å²) in [7, 11) is 1.58. The number of nitrogens with zero attached hydrogens (tertiary/aromatic N) is 2. The van der Waals surface area contributed by atoms with E-state index in [2.05, 4.69) is 22.0 Å². The number of hydrogen-bond acceptors (Lipinski definition) is 5. The summed E-state index contributed by atoms with van der Waals surface area (Å²) >= 11 is 12.1. The van der Waals surface area contributed by atoms with Crippen molar-refractivity contribution in [2.45, 2.75) is 25.9 Å². The first-order valence-electron chi connectivity index (χ1n) is 12.1. The van der Waals surface area contributed by atoms with Crippen LogP contribution in [0.5, 0.6) is 11.5 Å². The molecule has 4 rings (SSSR count). The fraction of sp³-hybridized carbons (Fsp3) is 0.241. The lowest BCUT2D eigenvalue weighted by Gasteiger charge is -2.17.